The summed E-state index contributed by atoms with van der Waals surface area (Å²) < 4.78 is 23.7. The van der Waals surface area contributed by atoms with Crippen LogP contribution in [0.2, 0.25) is 0 Å². The number of nitrogens with zero attached hydrogens (tertiary/aromatic N) is 1. The molecular weight excluding hydrogens is 486 g/mol. The Kier molecular flexibility index (Phi) is 12.1. The second-order valence-electron chi connectivity index (χ2n) is 6.31. The van der Waals surface area contributed by atoms with Gasteiger partial charge >= 0.3 is 0 Å². The SMILES string of the molecule is CN=C(NCc1ccc(NCCOC)cc1)NCC(C)Oc1ccc(F)cc1.I. The van der Waals surface area contributed by atoms with Crippen LogP contribution in [-0.4, -0.2) is 45.9 Å². The number of anilines is 1. The predicted molar refractivity (Wildman–Crippen MR) is 127 cm³/mol. The zero-order chi connectivity index (χ0) is 20.2. The molecule has 0 radical (unpaired) electrons. The standard InChI is InChI=1S/C21H29FN4O2.HI/c1-16(28-20-10-6-18(22)7-11-20)14-25-21(23-2)26-15-17-4-8-19(9-5-17)24-12-13-27-3;/h4-11,16,24H,12-15H2,1-3H3,(H2,23,25,26);1H. The number of rotatable bonds is 10. The van der Waals surface area contributed by atoms with Gasteiger partial charge in [0.15, 0.2) is 5.96 Å². The molecule has 8 heteroatoms. The Hall–Kier alpha value is -2.07. The highest BCUT2D eigenvalue weighted by Gasteiger charge is 2.06. The van der Waals surface area contributed by atoms with Crippen LogP contribution >= 0.6 is 24.0 Å². The predicted octanol–water partition coefficient (Wildman–Crippen LogP) is 3.63. The van der Waals surface area contributed by atoms with Crippen LogP contribution in [0.25, 0.3) is 0 Å². The van der Waals surface area contributed by atoms with Gasteiger partial charge in [-0.1, -0.05) is 12.1 Å². The number of nitrogens with one attached hydrogen (secondary N) is 3. The molecular formula is C21H30FIN4O2. The maximum absolute atomic E-state index is 12.9. The lowest BCUT2D eigenvalue weighted by Crippen LogP contribution is -2.41. The Balaban J connectivity index is 0.00000420. The van der Waals surface area contributed by atoms with Crippen molar-refractivity contribution in [1.29, 1.82) is 0 Å². The number of ether oxygens (including phenoxy) is 2. The average Bonchev–Trinajstić information content (AvgIpc) is 2.71. The van der Waals surface area contributed by atoms with E-state index in [1.807, 2.05) is 19.1 Å². The number of halogens is 2. The highest BCUT2D eigenvalue weighted by molar-refractivity contribution is 14.0. The van der Waals surface area contributed by atoms with Crippen molar-refractivity contribution >= 4 is 35.6 Å². The van der Waals surface area contributed by atoms with Crippen molar-refractivity contribution in [3.63, 3.8) is 0 Å². The summed E-state index contributed by atoms with van der Waals surface area (Å²) in [6.45, 7) is 4.63. The molecule has 0 aliphatic rings. The molecule has 0 fully saturated rings. The molecule has 0 saturated carbocycles. The van der Waals surface area contributed by atoms with E-state index in [-0.39, 0.29) is 35.9 Å². The van der Waals surface area contributed by atoms with E-state index in [2.05, 4.69) is 33.1 Å². The van der Waals surface area contributed by atoms with Gasteiger partial charge in [0, 0.05) is 32.9 Å². The van der Waals surface area contributed by atoms with Gasteiger partial charge in [0.25, 0.3) is 0 Å². The second kappa shape index (κ2) is 14.0. The second-order valence-corrected chi connectivity index (χ2v) is 6.31. The Morgan fingerprint density at radius 3 is 2.38 bits per heavy atom. The molecule has 2 aromatic rings. The average molecular weight is 516 g/mol. The topological polar surface area (TPSA) is 66.9 Å². The number of methoxy groups -OCH3 is 1. The molecule has 6 nitrogen and oxygen atoms in total. The van der Waals surface area contributed by atoms with Gasteiger partial charge in [0.1, 0.15) is 17.7 Å². The summed E-state index contributed by atoms with van der Waals surface area (Å²) in [6.07, 6.45) is -0.0959. The highest BCUT2D eigenvalue weighted by atomic mass is 127. The van der Waals surface area contributed by atoms with Crippen LogP contribution in [0.15, 0.2) is 53.5 Å². The fraction of sp³-hybridized carbons (Fsp3) is 0.381. The molecule has 0 amide bonds. The van der Waals surface area contributed by atoms with Crippen molar-refractivity contribution in [2.24, 2.45) is 4.99 Å². The van der Waals surface area contributed by atoms with E-state index in [1.54, 1.807) is 26.3 Å². The first-order chi connectivity index (χ1) is 13.6. The first-order valence-corrected chi connectivity index (χ1v) is 9.29. The van der Waals surface area contributed by atoms with Crippen LogP contribution in [0.4, 0.5) is 10.1 Å². The molecule has 1 unspecified atom stereocenters. The van der Waals surface area contributed by atoms with Crippen LogP contribution in [0, 0.1) is 5.82 Å². The normalized spacial score (nSPS) is 11.9. The lowest BCUT2D eigenvalue weighted by molar-refractivity contribution is 0.211. The molecule has 2 aromatic carbocycles. The van der Waals surface area contributed by atoms with Crippen molar-refractivity contribution in [2.75, 3.05) is 39.2 Å². The Bertz CT molecular complexity index is 726. The summed E-state index contributed by atoms with van der Waals surface area (Å²) in [7, 11) is 3.41. The molecule has 0 aliphatic carbocycles. The van der Waals surface area contributed by atoms with Gasteiger partial charge in [-0.3, -0.25) is 4.99 Å². The molecule has 2 rings (SSSR count). The third-order valence-electron chi connectivity index (χ3n) is 3.98. The first kappa shape index (κ1) is 25.0. The van der Waals surface area contributed by atoms with Crippen molar-refractivity contribution in [3.8, 4) is 5.75 Å². The minimum Gasteiger partial charge on any atom is -0.489 e. The van der Waals surface area contributed by atoms with Gasteiger partial charge in [0.05, 0.1) is 13.2 Å². The van der Waals surface area contributed by atoms with Crippen LogP contribution in [-0.2, 0) is 11.3 Å². The summed E-state index contributed by atoms with van der Waals surface area (Å²) >= 11 is 0. The summed E-state index contributed by atoms with van der Waals surface area (Å²) in [4.78, 5) is 4.22. The van der Waals surface area contributed by atoms with E-state index in [9.17, 15) is 4.39 Å². The lowest BCUT2D eigenvalue weighted by Gasteiger charge is -2.18. The van der Waals surface area contributed by atoms with Gasteiger partial charge in [-0.25, -0.2) is 4.39 Å². The molecule has 0 aliphatic heterocycles. The number of aliphatic imine (C=N–C) groups is 1. The summed E-state index contributed by atoms with van der Waals surface area (Å²) in [5.74, 6) is 1.05. The zero-order valence-corrected chi connectivity index (χ0v) is 19.4. The number of benzene rings is 2. The van der Waals surface area contributed by atoms with Crippen LogP contribution in [0.1, 0.15) is 12.5 Å². The molecule has 0 spiro atoms. The highest BCUT2D eigenvalue weighted by Crippen LogP contribution is 2.12. The van der Waals surface area contributed by atoms with Gasteiger partial charge in [-0.2, -0.15) is 0 Å². The van der Waals surface area contributed by atoms with E-state index in [0.29, 0.717) is 31.4 Å². The Morgan fingerprint density at radius 1 is 1.07 bits per heavy atom. The van der Waals surface area contributed by atoms with Gasteiger partial charge in [0.2, 0.25) is 0 Å². The lowest BCUT2D eigenvalue weighted by atomic mass is 10.2. The molecule has 0 aromatic heterocycles. The molecule has 0 heterocycles. The van der Waals surface area contributed by atoms with Gasteiger partial charge in [-0.15, -0.1) is 24.0 Å². The first-order valence-electron chi connectivity index (χ1n) is 9.29. The van der Waals surface area contributed by atoms with Crippen molar-refractivity contribution < 1.29 is 13.9 Å². The summed E-state index contributed by atoms with van der Waals surface area (Å²) in [5.41, 5.74) is 2.21. The minimum atomic E-state index is -0.276. The van der Waals surface area contributed by atoms with E-state index >= 15 is 0 Å². The monoisotopic (exact) mass is 516 g/mol. The smallest absolute Gasteiger partial charge is 0.191 e. The summed E-state index contributed by atoms with van der Waals surface area (Å²) in [6, 6.07) is 14.2. The van der Waals surface area contributed by atoms with E-state index < -0.39 is 0 Å². The van der Waals surface area contributed by atoms with E-state index in [4.69, 9.17) is 9.47 Å². The van der Waals surface area contributed by atoms with Crippen LogP contribution in [0.3, 0.4) is 0 Å². The van der Waals surface area contributed by atoms with Crippen LogP contribution in [0.5, 0.6) is 5.75 Å². The maximum Gasteiger partial charge on any atom is 0.191 e. The fourth-order valence-corrected chi connectivity index (χ4v) is 2.47. The number of hydrogen-bond donors (Lipinski definition) is 3. The molecule has 0 bridgehead atoms. The molecule has 1 atom stereocenters. The van der Waals surface area contributed by atoms with E-state index in [0.717, 1.165) is 17.8 Å². The molecule has 160 valence electrons. The number of hydrogen-bond acceptors (Lipinski definition) is 4. The van der Waals surface area contributed by atoms with Crippen molar-refractivity contribution in [3.05, 3.63) is 59.9 Å². The maximum atomic E-state index is 12.9. The largest absolute Gasteiger partial charge is 0.489 e. The Morgan fingerprint density at radius 2 is 1.76 bits per heavy atom. The molecule has 0 saturated heterocycles. The fourth-order valence-electron chi connectivity index (χ4n) is 2.47. The third-order valence-corrected chi connectivity index (χ3v) is 3.98. The molecule has 29 heavy (non-hydrogen) atoms. The zero-order valence-electron chi connectivity index (χ0n) is 17.1. The van der Waals surface area contributed by atoms with Crippen molar-refractivity contribution in [1.82, 2.24) is 10.6 Å². The van der Waals surface area contributed by atoms with E-state index in [1.165, 1.54) is 12.1 Å². The third kappa shape index (κ3) is 9.80. The summed E-state index contributed by atoms with van der Waals surface area (Å²) in [5, 5.41) is 9.80. The quantitative estimate of drug-likeness (QED) is 0.195. The molecule has 3 N–H and O–H groups in total. The Labute approximate surface area is 189 Å². The number of guanidine groups is 1. The van der Waals surface area contributed by atoms with Gasteiger partial charge < -0.3 is 25.4 Å². The minimum absolute atomic E-state index is 0. The van der Waals surface area contributed by atoms with Gasteiger partial charge in [-0.05, 0) is 48.9 Å². The van der Waals surface area contributed by atoms with Crippen molar-refractivity contribution in [2.45, 2.75) is 19.6 Å². The van der Waals surface area contributed by atoms with Crippen LogP contribution < -0.4 is 20.7 Å².